The molecular formula is C13H21N5O3. The van der Waals surface area contributed by atoms with Gasteiger partial charge in [-0.2, -0.15) is 5.10 Å². The second-order valence-electron chi connectivity index (χ2n) is 5.51. The average molecular weight is 295 g/mol. The van der Waals surface area contributed by atoms with Gasteiger partial charge in [-0.1, -0.05) is 19.3 Å². The first-order valence-corrected chi connectivity index (χ1v) is 7.11. The van der Waals surface area contributed by atoms with Gasteiger partial charge in [0.1, 0.15) is 12.2 Å². The Hall–Kier alpha value is -2.12. The topological polar surface area (TPSA) is 111 Å². The van der Waals surface area contributed by atoms with Crippen molar-refractivity contribution in [2.75, 3.05) is 7.05 Å². The highest BCUT2D eigenvalue weighted by atomic mass is 16.4. The maximum Gasteiger partial charge on any atom is 0.317 e. The number of aromatic nitrogens is 3. The Morgan fingerprint density at radius 1 is 1.43 bits per heavy atom. The van der Waals surface area contributed by atoms with Gasteiger partial charge in [-0.15, -0.1) is 0 Å². The van der Waals surface area contributed by atoms with Crippen molar-refractivity contribution in [2.24, 2.45) is 0 Å². The van der Waals surface area contributed by atoms with E-state index in [9.17, 15) is 9.59 Å². The molecule has 0 atom stereocenters. The van der Waals surface area contributed by atoms with Crippen LogP contribution in [0, 0.1) is 0 Å². The van der Waals surface area contributed by atoms with Gasteiger partial charge in [-0.25, -0.2) is 9.78 Å². The van der Waals surface area contributed by atoms with Crippen LogP contribution < -0.4 is 5.32 Å². The second-order valence-corrected chi connectivity index (χ2v) is 5.51. The van der Waals surface area contributed by atoms with E-state index in [1.165, 1.54) is 6.33 Å². The number of hydrogen-bond donors (Lipinski definition) is 3. The number of hydrogen-bond acceptors (Lipinski definition) is 4. The van der Waals surface area contributed by atoms with E-state index in [1.807, 2.05) is 0 Å². The minimum atomic E-state index is -0.869. The lowest BCUT2D eigenvalue weighted by Gasteiger charge is -2.43. The van der Waals surface area contributed by atoms with E-state index in [0.717, 1.165) is 32.1 Å². The summed E-state index contributed by atoms with van der Waals surface area (Å²) in [6.45, 7) is 0.242. The number of nitrogens with one attached hydrogen (secondary N) is 2. The first-order valence-electron chi connectivity index (χ1n) is 7.11. The quantitative estimate of drug-likeness (QED) is 0.754. The smallest absolute Gasteiger partial charge is 0.317 e. The zero-order valence-electron chi connectivity index (χ0n) is 12.1. The number of carbonyl (C=O) groups excluding carboxylic acids is 1. The normalized spacial score (nSPS) is 17.2. The van der Waals surface area contributed by atoms with E-state index in [-0.39, 0.29) is 19.0 Å². The molecule has 8 heteroatoms. The van der Waals surface area contributed by atoms with Gasteiger partial charge in [0.25, 0.3) is 0 Å². The van der Waals surface area contributed by atoms with Crippen molar-refractivity contribution < 1.29 is 14.7 Å². The van der Waals surface area contributed by atoms with E-state index in [2.05, 4.69) is 20.5 Å². The number of amides is 2. The van der Waals surface area contributed by atoms with E-state index >= 15 is 0 Å². The fourth-order valence-electron chi connectivity index (χ4n) is 2.93. The number of nitrogens with zero attached hydrogens (tertiary/aromatic N) is 3. The summed E-state index contributed by atoms with van der Waals surface area (Å²) in [6, 6.07) is -0.283. The van der Waals surface area contributed by atoms with Crippen LogP contribution in [0.15, 0.2) is 6.33 Å². The van der Waals surface area contributed by atoms with Crippen LogP contribution >= 0.6 is 0 Å². The first-order chi connectivity index (χ1) is 10.0. The minimum absolute atomic E-state index is 0.0147. The monoisotopic (exact) mass is 295 g/mol. The van der Waals surface area contributed by atoms with Crippen LogP contribution in [-0.4, -0.2) is 49.8 Å². The van der Waals surface area contributed by atoms with E-state index < -0.39 is 11.5 Å². The summed E-state index contributed by atoms with van der Waals surface area (Å²) < 4.78 is 0. The van der Waals surface area contributed by atoms with Gasteiger partial charge in [0.15, 0.2) is 0 Å². The van der Waals surface area contributed by atoms with Gasteiger partial charge in [0, 0.05) is 7.05 Å². The third kappa shape index (κ3) is 3.71. The molecule has 8 nitrogen and oxygen atoms in total. The van der Waals surface area contributed by atoms with Crippen LogP contribution in [0.3, 0.4) is 0 Å². The minimum Gasteiger partial charge on any atom is -0.481 e. The summed E-state index contributed by atoms with van der Waals surface area (Å²) >= 11 is 0. The Morgan fingerprint density at radius 2 is 2.14 bits per heavy atom. The molecule has 0 saturated heterocycles. The van der Waals surface area contributed by atoms with Crippen molar-refractivity contribution >= 4 is 12.0 Å². The van der Waals surface area contributed by atoms with E-state index in [0.29, 0.717) is 5.82 Å². The van der Waals surface area contributed by atoms with Crippen LogP contribution in [-0.2, 0) is 11.3 Å². The largest absolute Gasteiger partial charge is 0.481 e. The molecule has 0 aliphatic heterocycles. The third-order valence-electron chi connectivity index (χ3n) is 4.15. The van der Waals surface area contributed by atoms with Gasteiger partial charge in [0.2, 0.25) is 0 Å². The summed E-state index contributed by atoms with van der Waals surface area (Å²) in [4.78, 5) is 28.9. The van der Waals surface area contributed by atoms with Crippen molar-refractivity contribution in [3.63, 3.8) is 0 Å². The summed E-state index contributed by atoms with van der Waals surface area (Å²) in [5.74, 6) is -0.306. The van der Waals surface area contributed by atoms with Crippen LogP contribution in [0.5, 0.6) is 0 Å². The zero-order chi connectivity index (χ0) is 15.3. The summed E-state index contributed by atoms with van der Waals surface area (Å²) in [7, 11) is 1.67. The van der Waals surface area contributed by atoms with E-state index in [4.69, 9.17) is 5.11 Å². The Labute approximate surface area is 122 Å². The first kappa shape index (κ1) is 15.3. The van der Waals surface area contributed by atoms with Crippen LogP contribution in [0.4, 0.5) is 4.79 Å². The lowest BCUT2D eigenvalue weighted by Crippen LogP contribution is -2.55. The summed E-state index contributed by atoms with van der Waals surface area (Å²) in [5, 5.41) is 18.3. The number of carboxylic acid groups (broad SMARTS) is 1. The number of urea groups is 1. The average Bonchev–Trinajstić information content (AvgIpc) is 2.97. The Kier molecular flexibility index (Phi) is 4.77. The van der Waals surface area contributed by atoms with Gasteiger partial charge in [-0.05, 0) is 12.8 Å². The number of aromatic amines is 1. The number of H-pyrrole nitrogens is 1. The van der Waals surface area contributed by atoms with Crippen LogP contribution in [0.1, 0.15) is 44.3 Å². The molecule has 1 aromatic rings. The molecule has 1 fully saturated rings. The van der Waals surface area contributed by atoms with Gasteiger partial charge in [0.05, 0.1) is 18.5 Å². The molecule has 0 aromatic carbocycles. The van der Waals surface area contributed by atoms with E-state index in [1.54, 1.807) is 11.9 Å². The lowest BCUT2D eigenvalue weighted by atomic mass is 9.78. The SMILES string of the molecule is CN(C(=O)NCc1ncn[nH]1)C1(CC(=O)O)CCCCC1. The lowest BCUT2D eigenvalue weighted by molar-refractivity contribution is -0.140. The fourth-order valence-corrected chi connectivity index (χ4v) is 2.93. The van der Waals surface area contributed by atoms with Crippen molar-refractivity contribution in [3.05, 3.63) is 12.2 Å². The molecule has 3 N–H and O–H groups in total. The van der Waals surface area contributed by atoms with Crippen molar-refractivity contribution in [2.45, 2.75) is 50.6 Å². The molecule has 0 radical (unpaired) electrons. The third-order valence-corrected chi connectivity index (χ3v) is 4.15. The number of carbonyl (C=O) groups is 2. The molecule has 1 saturated carbocycles. The van der Waals surface area contributed by atoms with Gasteiger partial charge < -0.3 is 15.3 Å². The molecule has 2 amide bonds. The second kappa shape index (κ2) is 6.55. The highest BCUT2D eigenvalue weighted by Gasteiger charge is 2.40. The van der Waals surface area contributed by atoms with Gasteiger partial charge >= 0.3 is 12.0 Å². The fraction of sp³-hybridized carbons (Fsp3) is 0.692. The van der Waals surface area contributed by atoms with Crippen molar-refractivity contribution in [1.82, 2.24) is 25.4 Å². The van der Waals surface area contributed by atoms with Crippen LogP contribution in [0.2, 0.25) is 0 Å². The molecule has 1 heterocycles. The van der Waals surface area contributed by atoms with Crippen LogP contribution in [0.25, 0.3) is 0 Å². The Balaban J connectivity index is 2.00. The molecular weight excluding hydrogens is 274 g/mol. The molecule has 0 spiro atoms. The Morgan fingerprint density at radius 3 is 2.71 bits per heavy atom. The Bertz CT molecular complexity index is 482. The predicted molar refractivity (Wildman–Crippen MR) is 74.5 cm³/mol. The highest BCUT2D eigenvalue weighted by Crippen LogP contribution is 2.35. The van der Waals surface area contributed by atoms with Gasteiger partial charge in [-0.3, -0.25) is 9.89 Å². The van der Waals surface area contributed by atoms with Crippen molar-refractivity contribution in [3.8, 4) is 0 Å². The molecule has 116 valence electrons. The maximum atomic E-state index is 12.3. The number of aliphatic carboxylic acids is 1. The number of rotatable bonds is 5. The molecule has 1 aliphatic carbocycles. The number of carboxylic acids is 1. The highest BCUT2D eigenvalue weighted by molar-refractivity contribution is 5.76. The molecule has 21 heavy (non-hydrogen) atoms. The summed E-state index contributed by atoms with van der Waals surface area (Å²) in [6.07, 6.45) is 5.81. The molecule has 1 aliphatic rings. The molecule has 0 unspecified atom stereocenters. The van der Waals surface area contributed by atoms with Crippen molar-refractivity contribution in [1.29, 1.82) is 0 Å². The maximum absolute atomic E-state index is 12.3. The zero-order valence-corrected chi connectivity index (χ0v) is 12.1. The summed E-state index contributed by atoms with van der Waals surface area (Å²) in [5.41, 5.74) is -0.588. The standard InChI is InChI=1S/C13H21N5O3/c1-18(12(21)14-8-10-15-9-16-17-10)13(7-11(19)20)5-3-2-4-6-13/h9H,2-8H2,1H3,(H,14,21)(H,19,20)(H,15,16,17). The molecule has 1 aromatic heterocycles. The predicted octanol–water partition coefficient (Wildman–Crippen LogP) is 1.12. The molecule has 0 bridgehead atoms. The molecule has 2 rings (SSSR count).